The summed E-state index contributed by atoms with van der Waals surface area (Å²) in [6, 6.07) is 25.1. The number of thiocarbonyl (C=S) groups is 4. The molecule has 4 heterocycles. The van der Waals surface area contributed by atoms with Crippen LogP contribution in [0.1, 0.15) is 70.8 Å². The summed E-state index contributed by atoms with van der Waals surface area (Å²) < 4.78 is 13.5. The molecule has 0 saturated heterocycles. The summed E-state index contributed by atoms with van der Waals surface area (Å²) in [7, 11) is 0. The van der Waals surface area contributed by atoms with Gasteiger partial charge in [-0.1, -0.05) is 97.4 Å². The van der Waals surface area contributed by atoms with E-state index < -0.39 is 11.2 Å². The molecule has 48 heavy (non-hydrogen) atoms. The van der Waals surface area contributed by atoms with Crippen molar-refractivity contribution >= 4 is 103 Å². The van der Waals surface area contributed by atoms with E-state index >= 15 is 0 Å². The minimum atomic E-state index is -0.546. The predicted molar refractivity (Wildman–Crippen MR) is 216 cm³/mol. The molecule has 2 nitrogen and oxygen atoms in total. The minimum absolute atomic E-state index is 0.546. The molecule has 9 rings (SSSR count). The van der Waals surface area contributed by atoms with Gasteiger partial charge in [-0.25, -0.2) is 0 Å². The van der Waals surface area contributed by atoms with Crippen LogP contribution in [0.5, 0.6) is 11.5 Å². The van der Waals surface area contributed by atoms with Crippen molar-refractivity contribution in [2.24, 2.45) is 0 Å². The molecule has 2 aliphatic carbocycles. The van der Waals surface area contributed by atoms with Gasteiger partial charge in [-0.15, -0.1) is 22.7 Å². The highest BCUT2D eigenvalue weighted by Gasteiger charge is 2.41. The lowest BCUT2D eigenvalue weighted by Crippen LogP contribution is -2.32. The fourth-order valence-corrected chi connectivity index (χ4v) is 10.8. The normalized spacial score (nSPS) is 17.5. The van der Waals surface area contributed by atoms with Gasteiger partial charge in [0.1, 0.15) is 22.7 Å². The Hall–Kier alpha value is -3.50. The maximum absolute atomic E-state index is 6.74. The Morgan fingerprint density at radius 2 is 0.833 bits per heavy atom. The first-order valence-electron chi connectivity index (χ1n) is 15.6. The summed E-state index contributed by atoms with van der Waals surface area (Å²) >= 11 is 26.9. The van der Waals surface area contributed by atoms with Crippen LogP contribution in [0.2, 0.25) is 0 Å². The SMILES string of the molecule is CC1(C)Oc2cc(C=C3C(=S)c4ccccc4C3=S)sc2-c2cc3c(cc21)-c1sc(C=C2C(=S)c4ccccc4C2=S)cc1OC3(C)C. The van der Waals surface area contributed by atoms with Gasteiger partial charge in [-0.2, -0.15) is 0 Å². The number of hydrogen-bond donors (Lipinski definition) is 0. The first-order valence-corrected chi connectivity index (χ1v) is 18.8. The predicted octanol–water partition coefficient (Wildman–Crippen LogP) is 11.5. The van der Waals surface area contributed by atoms with Crippen LogP contribution < -0.4 is 9.47 Å². The highest BCUT2D eigenvalue weighted by molar-refractivity contribution is 7.84. The van der Waals surface area contributed by atoms with Crippen molar-refractivity contribution in [3.05, 3.63) is 127 Å². The van der Waals surface area contributed by atoms with Gasteiger partial charge >= 0.3 is 0 Å². The lowest BCUT2D eigenvalue weighted by Gasteiger charge is -2.38. The highest BCUT2D eigenvalue weighted by Crippen LogP contribution is 2.56. The maximum Gasteiger partial charge on any atom is 0.139 e. The summed E-state index contributed by atoms with van der Waals surface area (Å²) in [5.41, 5.74) is 9.56. The molecule has 4 aliphatic rings. The second-order valence-electron chi connectivity index (χ2n) is 13.4. The lowest BCUT2D eigenvalue weighted by molar-refractivity contribution is 0.101. The topological polar surface area (TPSA) is 18.5 Å². The Kier molecular flexibility index (Phi) is 6.68. The molecule has 0 amide bonds. The molecule has 0 spiro atoms. The molecule has 0 saturated carbocycles. The quantitative estimate of drug-likeness (QED) is 0.132. The zero-order valence-electron chi connectivity index (χ0n) is 26.3. The molecular formula is C40H26O2S6. The molecule has 0 N–H and O–H groups in total. The Bertz CT molecular complexity index is 2190. The van der Waals surface area contributed by atoms with Crippen molar-refractivity contribution in [1.29, 1.82) is 0 Å². The number of fused-ring (bicyclic) bond motifs is 8. The summed E-state index contributed by atoms with van der Waals surface area (Å²) in [6.45, 7) is 8.57. The van der Waals surface area contributed by atoms with Crippen molar-refractivity contribution in [2.45, 2.75) is 38.9 Å². The second kappa shape index (κ2) is 10.5. The van der Waals surface area contributed by atoms with Gasteiger partial charge in [0.05, 0.1) is 29.2 Å². The second-order valence-corrected chi connectivity index (χ2v) is 17.2. The van der Waals surface area contributed by atoms with E-state index in [0.717, 1.165) is 95.0 Å². The third-order valence-electron chi connectivity index (χ3n) is 9.49. The molecule has 2 aliphatic heterocycles. The Morgan fingerprint density at radius 3 is 1.17 bits per heavy atom. The molecule has 0 radical (unpaired) electrons. The number of rotatable bonds is 2. The van der Waals surface area contributed by atoms with Gasteiger partial charge < -0.3 is 9.47 Å². The standard InChI is InChI=1S/C40H26O2S6/c1-39(2)29-17-26-30(18-25(29)37-31(41-39)15-19(47-37)13-27-33(43)21-9-5-6-10-22(21)34(27)44)40(3,4)42-32-16-20(48-38(26)32)14-28-35(45)23-11-7-8-12-24(23)36(28)46/h5-18H,1-4H3. The average Bonchev–Trinajstić information content (AvgIpc) is 3.77. The van der Waals surface area contributed by atoms with E-state index in [1.807, 2.05) is 24.3 Å². The van der Waals surface area contributed by atoms with Crippen LogP contribution >= 0.6 is 71.5 Å². The van der Waals surface area contributed by atoms with Gasteiger partial charge in [0.25, 0.3) is 0 Å². The van der Waals surface area contributed by atoms with Crippen LogP contribution in [-0.2, 0) is 11.2 Å². The molecule has 234 valence electrons. The molecule has 8 heteroatoms. The summed E-state index contributed by atoms with van der Waals surface area (Å²) in [5.74, 6) is 1.75. The van der Waals surface area contributed by atoms with Gasteiger partial charge in [-0.05, 0) is 64.1 Å². The zero-order valence-corrected chi connectivity index (χ0v) is 31.2. The van der Waals surface area contributed by atoms with E-state index in [4.69, 9.17) is 58.3 Å². The molecule has 2 aromatic heterocycles. The molecule has 0 fully saturated rings. The van der Waals surface area contributed by atoms with Crippen molar-refractivity contribution < 1.29 is 9.47 Å². The van der Waals surface area contributed by atoms with Gasteiger partial charge in [0, 0.05) is 65.4 Å². The monoisotopic (exact) mass is 730 g/mol. The van der Waals surface area contributed by atoms with E-state index in [-0.39, 0.29) is 0 Å². The van der Waals surface area contributed by atoms with E-state index in [1.165, 1.54) is 11.1 Å². The summed E-state index contributed by atoms with van der Waals surface area (Å²) in [6.07, 6.45) is 4.26. The number of benzene rings is 3. The Labute approximate surface area is 308 Å². The lowest BCUT2D eigenvalue weighted by atomic mass is 9.81. The first kappa shape index (κ1) is 30.6. The summed E-state index contributed by atoms with van der Waals surface area (Å²) in [4.78, 5) is 7.55. The fourth-order valence-electron chi connectivity index (χ4n) is 7.18. The third-order valence-corrected chi connectivity index (χ3v) is 13.4. The number of hydrogen-bond acceptors (Lipinski definition) is 8. The van der Waals surface area contributed by atoms with E-state index in [0.29, 0.717) is 0 Å². The van der Waals surface area contributed by atoms with Crippen molar-refractivity contribution in [2.75, 3.05) is 0 Å². The van der Waals surface area contributed by atoms with Crippen LogP contribution in [0.25, 0.3) is 33.0 Å². The molecule has 3 aromatic carbocycles. The van der Waals surface area contributed by atoms with Crippen LogP contribution in [0.4, 0.5) is 0 Å². The fraction of sp³-hybridized carbons (Fsp3) is 0.150. The molecule has 0 atom stereocenters. The van der Waals surface area contributed by atoms with Crippen LogP contribution in [-0.4, -0.2) is 19.5 Å². The largest absolute Gasteiger partial charge is 0.482 e. The van der Waals surface area contributed by atoms with Crippen LogP contribution in [0.3, 0.4) is 0 Å². The van der Waals surface area contributed by atoms with Gasteiger partial charge in [-0.3, -0.25) is 0 Å². The number of allylic oxidation sites excluding steroid dienone is 2. The van der Waals surface area contributed by atoms with Crippen LogP contribution in [0, 0.1) is 0 Å². The smallest absolute Gasteiger partial charge is 0.139 e. The average molecular weight is 731 g/mol. The van der Waals surface area contributed by atoms with Gasteiger partial charge in [0.2, 0.25) is 0 Å². The van der Waals surface area contributed by atoms with E-state index in [1.54, 1.807) is 22.7 Å². The summed E-state index contributed by atoms with van der Waals surface area (Å²) in [5, 5.41) is 0. The number of ether oxygens (including phenoxy) is 2. The van der Waals surface area contributed by atoms with Crippen molar-refractivity contribution in [3.63, 3.8) is 0 Å². The van der Waals surface area contributed by atoms with Crippen molar-refractivity contribution in [1.82, 2.24) is 0 Å². The van der Waals surface area contributed by atoms with Gasteiger partial charge in [0.15, 0.2) is 0 Å². The van der Waals surface area contributed by atoms with Crippen molar-refractivity contribution in [3.8, 4) is 32.4 Å². The van der Waals surface area contributed by atoms with Crippen LogP contribution in [0.15, 0.2) is 83.9 Å². The maximum atomic E-state index is 6.74. The van der Waals surface area contributed by atoms with E-state index in [2.05, 4.69) is 88.4 Å². The number of thiophene rings is 2. The first-order chi connectivity index (χ1) is 22.9. The Balaban J connectivity index is 1.14. The molecular weight excluding hydrogens is 705 g/mol. The molecule has 0 unspecified atom stereocenters. The van der Waals surface area contributed by atoms with E-state index in [9.17, 15) is 0 Å². The highest BCUT2D eigenvalue weighted by atomic mass is 32.1. The minimum Gasteiger partial charge on any atom is -0.482 e. The Morgan fingerprint density at radius 1 is 0.500 bits per heavy atom. The third kappa shape index (κ3) is 4.43. The molecule has 0 bridgehead atoms. The zero-order chi connectivity index (χ0) is 33.3. The molecule has 5 aromatic rings.